The molecule has 0 spiro atoms. The number of methoxy groups -OCH3 is 1. The van der Waals surface area contributed by atoms with Crippen molar-refractivity contribution in [2.45, 2.75) is 46.2 Å². The summed E-state index contributed by atoms with van der Waals surface area (Å²) in [6.45, 7) is 10.2. The maximum absolute atomic E-state index is 6.23. The Morgan fingerprint density at radius 1 is 1.33 bits per heavy atom. The summed E-state index contributed by atoms with van der Waals surface area (Å²) < 4.78 is 5.27. The molecular formula is C17H29ClN2O. The minimum absolute atomic E-state index is 0.462. The van der Waals surface area contributed by atoms with Gasteiger partial charge >= 0.3 is 0 Å². The van der Waals surface area contributed by atoms with Gasteiger partial charge in [-0.15, -0.1) is 0 Å². The third-order valence-corrected chi connectivity index (χ3v) is 3.99. The van der Waals surface area contributed by atoms with Crippen LogP contribution in [0, 0.1) is 0 Å². The van der Waals surface area contributed by atoms with Gasteiger partial charge in [-0.05, 0) is 44.0 Å². The molecule has 0 radical (unpaired) electrons. The van der Waals surface area contributed by atoms with Crippen LogP contribution in [0.4, 0.5) is 5.69 Å². The molecule has 0 aliphatic heterocycles. The number of hydrogen-bond acceptors (Lipinski definition) is 3. The molecule has 0 aromatic heterocycles. The number of ether oxygens (including phenoxy) is 1. The van der Waals surface area contributed by atoms with E-state index in [1.807, 2.05) is 6.07 Å². The summed E-state index contributed by atoms with van der Waals surface area (Å²) >= 11 is 6.23. The van der Waals surface area contributed by atoms with Gasteiger partial charge in [0, 0.05) is 37.0 Å². The summed E-state index contributed by atoms with van der Waals surface area (Å²) in [5.41, 5.74) is 2.52. The van der Waals surface area contributed by atoms with Gasteiger partial charge in [-0.2, -0.15) is 0 Å². The van der Waals surface area contributed by atoms with E-state index >= 15 is 0 Å². The molecule has 0 fully saturated rings. The summed E-state index contributed by atoms with van der Waals surface area (Å²) in [4.78, 5) is 2.40. The van der Waals surface area contributed by atoms with Crippen molar-refractivity contribution in [3.8, 4) is 0 Å². The summed E-state index contributed by atoms with van der Waals surface area (Å²) in [6.07, 6.45) is 2.24. The number of anilines is 1. The molecule has 1 aromatic carbocycles. The van der Waals surface area contributed by atoms with Crippen LogP contribution in [0.15, 0.2) is 18.2 Å². The average Bonchev–Trinajstić information content (AvgIpc) is 2.49. The van der Waals surface area contributed by atoms with E-state index < -0.39 is 0 Å². The summed E-state index contributed by atoms with van der Waals surface area (Å²) in [5.74, 6) is 0. The van der Waals surface area contributed by atoms with Gasteiger partial charge in [0.1, 0.15) is 0 Å². The van der Waals surface area contributed by atoms with Gasteiger partial charge in [-0.3, -0.25) is 0 Å². The van der Waals surface area contributed by atoms with E-state index in [1.54, 1.807) is 7.11 Å². The number of benzene rings is 1. The lowest BCUT2D eigenvalue weighted by molar-refractivity contribution is 0.203. The molecule has 120 valence electrons. The average molecular weight is 313 g/mol. The Morgan fingerprint density at radius 3 is 2.71 bits per heavy atom. The predicted octanol–water partition coefficient (Wildman–Crippen LogP) is 4.09. The smallest absolute Gasteiger partial charge is 0.0637 e. The highest BCUT2D eigenvalue weighted by atomic mass is 35.5. The molecule has 1 unspecified atom stereocenters. The monoisotopic (exact) mass is 312 g/mol. The van der Waals surface area contributed by atoms with Gasteiger partial charge in [0.2, 0.25) is 0 Å². The molecule has 0 saturated heterocycles. The first-order chi connectivity index (χ1) is 10.1. The fourth-order valence-corrected chi connectivity index (χ4v) is 2.51. The minimum Gasteiger partial charge on any atom is -0.383 e. The van der Waals surface area contributed by atoms with Crippen molar-refractivity contribution >= 4 is 17.3 Å². The Morgan fingerprint density at radius 2 is 2.10 bits per heavy atom. The fourth-order valence-electron chi connectivity index (χ4n) is 2.34. The molecule has 0 aliphatic rings. The van der Waals surface area contributed by atoms with Crippen molar-refractivity contribution in [2.24, 2.45) is 0 Å². The van der Waals surface area contributed by atoms with Gasteiger partial charge in [0.15, 0.2) is 0 Å². The summed E-state index contributed by atoms with van der Waals surface area (Å²) in [5, 5.41) is 4.27. The molecule has 4 heteroatoms. The minimum atomic E-state index is 0.462. The molecule has 0 heterocycles. The van der Waals surface area contributed by atoms with Crippen molar-refractivity contribution in [1.82, 2.24) is 5.32 Å². The van der Waals surface area contributed by atoms with Gasteiger partial charge in [0.05, 0.1) is 6.61 Å². The lowest BCUT2D eigenvalue weighted by atomic mass is 10.1. The van der Waals surface area contributed by atoms with Crippen molar-refractivity contribution in [3.63, 3.8) is 0 Å². The van der Waals surface area contributed by atoms with Crippen LogP contribution in [0.25, 0.3) is 0 Å². The van der Waals surface area contributed by atoms with Crippen LogP contribution in [0.3, 0.4) is 0 Å². The number of nitrogens with one attached hydrogen (secondary N) is 1. The Kier molecular flexibility index (Phi) is 8.74. The number of hydrogen-bond donors (Lipinski definition) is 1. The van der Waals surface area contributed by atoms with Crippen LogP contribution < -0.4 is 10.2 Å². The molecule has 1 atom stereocenters. The molecule has 0 amide bonds. The zero-order valence-corrected chi connectivity index (χ0v) is 14.5. The SMILES string of the molecule is CCCNCc1ccc(Cl)cc1N(CCOC)C(C)CC. The predicted molar refractivity (Wildman–Crippen MR) is 92.4 cm³/mol. The number of rotatable bonds is 10. The van der Waals surface area contributed by atoms with E-state index in [4.69, 9.17) is 16.3 Å². The van der Waals surface area contributed by atoms with E-state index in [0.29, 0.717) is 6.04 Å². The fraction of sp³-hybridized carbons (Fsp3) is 0.647. The number of nitrogens with zero attached hydrogens (tertiary/aromatic N) is 1. The van der Waals surface area contributed by atoms with E-state index in [0.717, 1.165) is 44.1 Å². The van der Waals surface area contributed by atoms with E-state index in [-0.39, 0.29) is 0 Å². The maximum Gasteiger partial charge on any atom is 0.0637 e. The normalized spacial score (nSPS) is 12.4. The largest absolute Gasteiger partial charge is 0.383 e. The zero-order valence-electron chi connectivity index (χ0n) is 13.8. The second-order valence-electron chi connectivity index (χ2n) is 5.39. The van der Waals surface area contributed by atoms with Crippen molar-refractivity contribution in [2.75, 3.05) is 31.7 Å². The molecule has 1 N–H and O–H groups in total. The third kappa shape index (κ3) is 5.85. The third-order valence-electron chi connectivity index (χ3n) is 3.76. The highest BCUT2D eigenvalue weighted by molar-refractivity contribution is 6.30. The van der Waals surface area contributed by atoms with E-state index in [1.165, 1.54) is 11.3 Å². The van der Waals surface area contributed by atoms with Gasteiger partial charge in [-0.25, -0.2) is 0 Å². The van der Waals surface area contributed by atoms with Gasteiger partial charge in [0.25, 0.3) is 0 Å². The van der Waals surface area contributed by atoms with Crippen LogP contribution in [0.1, 0.15) is 39.2 Å². The van der Waals surface area contributed by atoms with Crippen LogP contribution in [0.5, 0.6) is 0 Å². The van der Waals surface area contributed by atoms with Crippen LogP contribution in [-0.2, 0) is 11.3 Å². The van der Waals surface area contributed by atoms with Crippen molar-refractivity contribution in [3.05, 3.63) is 28.8 Å². The molecule has 0 aliphatic carbocycles. The molecule has 3 nitrogen and oxygen atoms in total. The maximum atomic E-state index is 6.23. The standard InChI is InChI=1S/C17H29ClN2O/c1-5-9-19-13-15-7-8-16(18)12-17(15)20(10-11-21-4)14(3)6-2/h7-8,12,14,19H,5-6,9-11,13H2,1-4H3. The first-order valence-electron chi connectivity index (χ1n) is 7.88. The second kappa shape index (κ2) is 10.0. The number of halogens is 1. The van der Waals surface area contributed by atoms with Crippen molar-refractivity contribution < 1.29 is 4.74 Å². The lowest BCUT2D eigenvalue weighted by Gasteiger charge is -2.32. The first-order valence-corrected chi connectivity index (χ1v) is 8.26. The highest BCUT2D eigenvalue weighted by Gasteiger charge is 2.16. The molecule has 1 aromatic rings. The Hall–Kier alpha value is -0.770. The van der Waals surface area contributed by atoms with Gasteiger partial charge in [-0.1, -0.05) is 31.5 Å². The summed E-state index contributed by atoms with van der Waals surface area (Å²) in [6, 6.07) is 6.64. The topological polar surface area (TPSA) is 24.5 Å². The van der Waals surface area contributed by atoms with E-state index in [9.17, 15) is 0 Å². The molecule has 1 rings (SSSR count). The lowest BCUT2D eigenvalue weighted by Crippen LogP contribution is -2.36. The zero-order chi connectivity index (χ0) is 15.7. The molecule has 21 heavy (non-hydrogen) atoms. The summed E-state index contributed by atoms with van der Waals surface area (Å²) in [7, 11) is 1.75. The Bertz CT molecular complexity index is 412. The van der Waals surface area contributed by atoms with Crippen LogP contribution in [0.2, 0.25) is 5.02 Å². The Labute approximate surface area is 134 Å². The van der Waals surface area contributed by atoms with Crippen molar-refractivity contribution in [1.29, 1.82) is 0 Å². The van der Waals surface area contributed by atoms with Crippen LogP contribution >= 0.6 is 11.6 Å². The highest BCUT2D eigenvalue weighted by Crippen LogP contribution is 2.27. The Balaban J connectivity index is 2.99. The molecule has 0 bridgehead atoms. The van der Waals surface area contributed by atoms with E-state index in [2.05, 4.69) is 43.1 Å². The second-order valence-corrected chi connectivity index (χ2v) is 5.83. The first kappa shape index (κ1) is 18.3. The molecule has 0 saturated carbocycles. The van der Waals surface area contributed by atoms with Crippen LogP contribution in [-0.4, -0.2) is 32.8 Å². The molecular weight excluding hydrogens is 284 g/mol. The quantitative estimate of drug-likeness (QED) is 0.659. The van der Waals surface area contributed by atoms with Gasteiger partial charge < -0.3 is 15.0 Å².